The van der Waals surface area contributed by atoms with Gasteiger partial charge in [-0.1, -0.05) is 12.2 Å². The van der Waals surface area contributed by atoms with Crippen LogP contribution in [0.1, 0.15) is 25.8 Å². The van der Waals surface area contributed by atoms with Crippen molar-refractivity contribution < 1.29 is 22.8 Å². The molecule has 128 valence electrons. The van der Waals surface area contributed by atoms with E-state index in [1.54, 1.807) is 32.1 Å². The molecule has 1 aromatic rings. The van der Waals surface area contributed by atoms with Crippen molar-refractivity contribution in [3.63, 3.8) is 0 Å². The number of nitrogens with zero attached hydrogens (tertiary/aromatic N) is 1. The minimum Gasteiger partial charge on any atom is -0.324 e. The molecule has 0 radical (unpaired) electrons. The van der Waals surface area contributed by atoms with E-state index >= 15 is 0 Å². The highest BCUT2D eigenvalue weighted by Crippen LogP contribution is 2.30. The molecular weight excluding hydrogens is 321 g/mol. The molecule has 0 bridgehead atoms. The van der Waals surface area contributed by atoms with E-state index in [1.807, 2.05) is 0 Å². The number of carbonyl (C=O) groups is 2. The zero-order chi connectivity index (χ0) is 18.0. The van der Waals surface area contributed by atoms with Gasteiger partial charge in [-0.15, -0.1) is 0 Å². The van der Waals surface area contributed by atoms with Crippen LogP contribution in [0, 0.1) is 0 Å². The van der Waals surface area contributed by atoms with Gasteiger partial charge in [0.05, 0.1) is 5.56 Å². The summed E-state index contributed by atoms with van der Waals surface area (Å²) in [5, 5.41) is 2.54. The maximum absolute atomic E-state index is 12.6. The van der Waals surface area contributed by atoms with Crippen LogP contribution in [0.2, 0.25) is 0 Å². The lowest BCUT2D eigenvalue weighted by Gasteiger charge is -2.34. The number of alkyl halides is 3. The number of allylic oxidation sites excluding steroid dienone is 2. The van der Waals surface area contributed by atoms with Crippen LogP contribution in [-0.2, 0) is 15.8 Å². The van der Waals surface area contributed by atoms with Gasteiger partial charge in [0, 0.05) is 18.3 Å². The summed E-state index contributed by atoms with van der Waals surface area (Å²) in [5.74, 6) is -0.741. The number of anilines is 1. The Morgan fingerprint density at radius 1 is 1.12 bits per heavy atom. The molecule has 24 heavy (non-hydrogen) atoms. The smallest absolute Gasteiger partial charge is 0.324 e. The third-order valence-corrected chi connectivity index (χ3v) is 3.67. The first-order valence-corrected chi connectivity index (χ1v) is 7.26. The summed E-state index contributed by atoms with van der Waals surface area (Å²) >= 11 is 0. The molecule has 0 spiro atoms. The first-order chi connectivity index (χ1) is 11.1. The van der Waals surface area contributed by atoms with Crippen LogP contribution in [0.4, 0.5) is 18.9 Å². The zero-order valence-electron chi connectivity index (χ0n) is 13.2. The highest BCUT2D eigenvalue weighted by atomic mass is 19.4. The Bertz CT molecular complexity index is 689. The van der Waals surface area contributed by atoms with Gasteiger partial charge in [0.25, 0.3) is 0 Å². The summed E-state index contributed by atoms with van der Waals surface area (Å²) in [4.78, 5) is 25.9. The van der Waals surface area contributed by atoms with Gasteiger partial charge < -0.3 is 10.2 Å². The molecule has 2 rings (SSSR count). The highest BCUT2D eigenvalue weighted by Gasteiger charge is 2.37. The Labute approximate surface area is 137 Å². The second-order valence-electron chi connectivity index (χ2n) is 5.83. The summed E-state index contributed by atoms with van der Waals surface area (Å²) in [7, 11) is 0. The largest absolute Gasteiger partial charge is 0.416 e. The molecule has 4 nitrogen and oxygen atoms in total. The summed E-state index contributed by atoms with van der Waals surface area (Å²) in [6.07, 6.45) is 2.29. The number of hydrogen-bond acceptors (Lipinski definition) is 2. The van der Waals surface area contributed by atoms with Gasteiger partial charge in [0.15, 0.2) is 0 Å². The topological polar surface area (TPSA) is 49.4 Å². The SMILES string of the molecule is CC(C)(C(=O)Nc1ccc(C(F)(F)F)cc1)N1C=CC=CCC1=O. The molecule has 1 aromatic carbocycles. The Morgan fingerprint density at radius 3 is 2.33 bits per heavy atom. The highest BCUT2D eigenvalue weighted by molar-refractivity contribution is 6.00. The molecule has 0 unspecified atom stereocenters. The summed E-state index contributed by atoms with van der Waals surface area (Å²) in [5.41, 5.74) is -1.76. The van der Waals surface area contributed by atoms with E-state index in [1.165, 1.54) is 23.2 Å². The lowest BCUT2D eigenvalue weighted by atomic mass is 10.0. The second kappa shape index (κ2) is 6.51. The molecule has 0 atom stereocenters. The average molecular weight is 338 g/mol. The van der Waals surface area contributed by atoms with Crippen LogP contribution in [0.25, 0.3) is 0 Å². The van der Waals surface area contributed by atoms with E-state index in [0.29, 0.717) is 0 Å². The molecule has 1 heterocycles. The predicted molar refractivity (Wildman–Crippen MR) is 83.9 cm³/mol. The van der Waals surface area contributed by atoms with Gasteiger partial charge in [0.1, 0.15) is 5.54 Å². The second-order valence-corrected chi connectivity index (χ2v) is 5.83. The average Bonchev–Trinajstić information content (AvgIpc) is 2.71. The Hall–Kier alpha value is -2.57. The van der Waals surface area contributed by atoms with Crippen molar-refractivity contribution in [3.8, 4) is 0 Å². The van der Waals surface area contributed by atoms with Crippen LogP contribution in [0.15, 0.2) is 48.7 Å². The fourth-order valence-corrected chi connectivity index (χ4v) is 2.20. The van der Waals surface area contributed by atoms with Crippen molar-refractivity contribution >= 4 is 17.5 Å². The number of rotatable bonds is 3. The number of carbonyl (C=O) groups excluding carboxylic acids is 2. The third-order valence-electron chi connectivity index (χ3n) is 3.67. The molecule has 1 aliphatic rings. The molecule has 0 aliphatic carbocycles. The summed E-state index contributed by atoms with van der Waals surface area (Å²) in [6.45, 7) is 3.14. The van der Waals surface area contributed by atoms with Crippen molar-refractivity contribution in [3.05, 3.63) is 54.3 Å². The molecule has 0 saturated carbocycles. The van der Waals surface area contributed by atoms with Gasteiger partial charge >= 0.3 is 6.18 Å². The van der Waals surface area contributed by atoms with Crippen LogP contribution < -0.4 is 5.32 Å². The van der Waals surface area contributed by atoms with Crippen molar-refractivity contribution in [2.75, 3.05) is 5.32 Å². The summed E-state index contributed by atoms with van der Waals surface area (Å²) in [6, 6.07) is 4.14. The van der Waals surface area contributed by atoms with Gasteiger partial charge in [-0.2, -0.15) is 13.2 Å². The fourth-order valence-electron chi connectivity index (χ4n) is 2.20. The minimum atomic E-state index is -4.43. The lowest BCUT2D eigenvalue weighted by Crippen LogP contribution is -2.52. The van der Waals surface area contributed by atoms with Crippen LogP contribution in [-0.4, -0.2) is 22.3 Å². The number of hydrogen-bond donors (Lipinski definition) is 1. The molecule has 0 saturated heterocycles. The number of amides is 2. The van der Waals surface area contributed by atoms with Crippen LogP contribution >= 0.6 is 0 Å². The van der Waals surface area contributed by atoms with E-state index < -0.39 is 23.2 Å². The third kappa shape index (κ3) is 3.84. The normalized spacial score (nSPS) is 15.4. The van der Waals surface area contributed by atoms with E-state index in [-0.39, 0.29) is 18.0 Å². The number of benzene rings is 1. The van der Waals surface area contributed by atoms with Gasteiger partial charge in [0.2, 0.25) is 11.8 Å². The van der Waals surface area contributed by atoms with Gasteiger partial charge in [-0.25, -0.2) is 0 Å². The van der Waals surface area contributed by atoms with Crippen LogP contribution in [0.3, 0.4) is 0 Å². The lowest BCUT2D eigenvalue weighted by molar-refractivity contribution is -0.139. The molecule has 0 fully saturated rings. The first-order valence-electron chi connectivity index (χ1n) is 7.26. The predicted octanol–water partition coefficient (Wildman–Crippen LogP) is 3.72. The minimum absolute atomic E-state index is 0.171. The Balaban J connectivity index is 2.14. The maximum atomic E-state index is 12.6. The zero-order valence-corrected chi connectivity index (χ0v) is 13.2. The number of halogens is 3. The van der Waals surface area contributed by atoms with Crippen molar-refractivity contribution in [2.24, 2.45) is 0 Å². The first kappa shape index (κ1) is 17.8. The maximum Gasteiger partial charge on any atom is 0.416 e. The van der Waals surface area contributed by atoms with Gasteiger partial charge in [-0.05, 0) is 44.2 Å². The Kier molecular flexibility index (Phi) is 4.82. The molecule has 0 aromatic heterocycles. The number of nitrogens with one attached hydrogen (secondary N) is 1. The molecule has 1 aliphatic heterocycles. The van der Waals surface area contributed by atoms with Gasteiger partial charge in [-0.3, -0.25) is 9.59 Å². The van der Waals surface area contributed by atoms with E-state index in [2.05, 4.69) is 5.32 Å². The quantitative estimate of drug-likeness (QED) is 0.913. The Morgan fingerprint density at radius 2 is 1.75 bits per heavy atom. The van der Waals surface area contributed by atoms with Crippen LogP contribution in [0.5, 0.6) is 0 Å². The standard InChI is InChI=1S/C17H17F3N2O2/c1-16(2,22-11-5-3-4-6-14(22)23)15(24)21-13-9-7-12(8-10-13)17(18,19)20/h3-5,7-11H,6H2,1-2H3,(H,21,24). The molecular formula is C17H17F3N2O2. The fraction of sp³-hybridized carbons (Fsp3) is 0.294. The van der Waals surface area contributed by atoms with Crippen molar-refractivity contribution in [2.45, 2.75) is 32.0 Å². The molecule has 7 heteroatoms. The monoisotopic (exact) mass is 338 g/mol. The van der Waals surface area contributed by atoms with E-state index in [9.17, 15) is 22.8 Å². The van der Waals surface area contributed by atoms with Crippen molar-refractivity contribution in [1.29, 1.82) is 0 Å². The van der Waals surface area contributed by atoms with E-state index in [0.717, 1.165) is 12.1 Å². The summed E-state index contributed by atoms with van der Waals surface area (Å²) < 4.78 is 37.7. The van der Waals surface area contributed by atoms with Crippen molar-refractivity contribution in [1.82, 2.24) is 4.90 Å². The molecule has 2 amide bonds. The molecule has 1 N–H and O–H groups in total. The van der Waals surface area contributed by atoms with E-state index in [4.69, 9.17) is 0 Å².